The van der Waals surface area contributed by atoms with Crippen LogP contribution in [0.5, 0.6) is 0 Å². The number of nitriles is 1. The standard InChI is InChI=1S/C29H26N8O2/c1-34-18-23(16-32-34)21-13-25(27-22(14-30)15-33-37(27)19-21)26-8-7-24(17-31-26)35-9-11-36(12-10-35)29(39)28(38)20-5-3-2-4-6-20/h2-8,13,15-19,28,38H,9-12H2,1H3. The molecule has 1 fully saturated rings. The Morgan fingerprint density at radius 2 is 1.77 bits per heavy atom. The van der Waals surface area contributed by atoms with E-state index in [-0.39, 0.29) is 5.91 Å². The van der Waals surface area contributed by atoms with Crippen molar-refractivity contribution >= 4 is 17.1 Å². The molecule has 10 heteroatoms. The zero-order valence-electron chi connectivity index (χ0n) is 21.3. The third-order valence-corrected chi connectivity index (χ3v) is 7.10. The molecule has 4 aromatic heterocycles. The van der Waals surface area contributed by atoms with Crippen LogP contribution >= 0.6 is 0 Å². The monoisotopic (exact) mass is 518 g/mol. The lowest BCUT2D eigenvalue weighted by Gasteiger charge is -2.36. The molecule has 6 rings (SSSR count). The minimum atomic E-state index is -1.15. The molecule has 1 saturated heterocycles. The van der Waals surface area contributed by atoms with Crippen molar-refractivity contribution in [3.05, 3.63) is 90.6 Å². The largest absolute Gasteiger partial charge is 0.378 e. The summed E-state index contributed by atoms with van der Waals surface area (Å²) in [5.74, 6) is -0.277. The molecule has 5 aromatic rings. The number of nitrogens with zero attached hydrogens (tertiary/aromatic N) is 8. The number of piperazine rings is 1. The highest BCUT2D eigenvalue weighted by atomic mass is 16.3. The second-order valence-corrected chi connectivity index (χ2v) is 9.54. The van der Waals surface area contributed by atoms with Crippen molar-refractivity contribution in [2.75, 3.05) is 31.1 Å². The Kier molecular flexibility index (Phi) is 6.26. The highest BCUT2D eigenvalue weighted by Crippen LogP contribution is 2.32. The van der Waals surface area contributed by atoms with Crippen LogP contribution in [-0.2, 0) is 11.8 Å². The SMILES string of the molecule is Cn1cc(-c2cc(-c3ccc(N4CCN(C(=O)C(O)c5ccccc5)CC4)cn3)c3c(C#N)cnn3c2)cn1. The summed E-state index contributed by atoms with van der Waals surface area (Å²) < 4.78 is 3.46. The Balaban J connectivity index is 1.22. The normalized spacial score (nSPS) is 14.4. The van der Waals surface area contributed by atoms with Crippen molar-refractivity contribution in [3.63, 3.8) is 0 Å². The molecule has 0 saturated carbocycles. The van der Waals surface area contributed by atoms with Crippen molar-refractivity contribution in [3.8, 4) is 28.5 Å². The van der Waals surface area contributed by atoms with Crippen LogP contribution in [0.15, 0.2) is 79.5 Å². The molecule has 10 nitrogen and oxygen atoms in total. The van der Waals surface area contributed by atoms with Gasteiger partial charge in [-0.25, -0.2) is 4.52 Å². The van der Waals surface area contributed by atoms with Gasteiger partial charge in [0.2, 0.25) is 0 Å². The van der Waals surface area contributed by atoms with E-state index in [9.17, 15) is 15.2 Å². The van der Waals surface area contributed by atoms with Crippen LogP contribution in [-0.4, -0.2) is 66.5 Å². The number of hydrogen-bond acceptors (Lipinski definition) is 7. The summed E-state index contributed by atoms with van der Waals surface area (Å²) in [5, 5.41) is 28.8. The number of hydrogen-bond donors (Lipinski definition) is 1. The van der Waals surface area contributed by atoms with Gasteiger partial charge in [-0.15, -0.1) is 0 Å². The van der Waals surface area contributed by atoms with E-state index in [4.69, 9.17) is 4.98 Å². The molecular weight excluding hydrogens is 492 g/mol. The molecule has 1 atom stereocenters. The first kappa shape index (κ1) is 24.3. The van der Waals surface area contributed by atoms with Crippen molar-refractivity contribution in [2.24, 2.45) is 7.05 Å². The minimum absolute atomic E-state index is 0.277. The van der Waals surface area contributed by atoms with Crippen LogP contribution in [0.3, 0.4) is 0 Å². The Bertz CT molecular complexity index is 1680. The molecule has 1 aromatic carbocycles. The van der Waals surface area contributed by atoms with E-state index in [1.807, 2.05) is 62.0 Å². The summed E-state index contributed by atoms with van der Waals surface area (Å²) >= 11 is 0. The maximum absolute atomic E-state index is 12.8. The zero-order chi connectivity index (χ0) is 26.9. The van der Waals surface area contributed by atoms with Gasteiger partial charge in [0.15, 0.2) is 6.10 Å². The first-order chi connectivity index (χ1) is 19.0. The molecule has 5 heterocycles. The van der Waals surface area contributed by atoms with E-state index in [2.05, 4.69) is 21.2 Å². The van der Waals surface area contributed by atoms with Gasteiger partial charge in [-0.1, -0.05) is 30.3 Å². The van der Waals surface area contributed by atoms with E-state index < -0.39 is 6.10 Å². The lowest BCUT2D eigenvalue weighted by Crippen LogP contribution is -2.50. The summed E-state index contributed by atoms with van der Waals surface area (Å²) in [7, 11) is 1.87. The Morgan fingerprint density at radius 1 is 0.974 bits per heavy atom. The molecule has 39 heavy (non-hydrogen) atoms. The number of fused-ring (bicyclic) bond motifs is 1. The lowest BCUT2D eigenvalue weighted by molar-refractivity contribution is -0.140. The second-order valence-electron chi connectivity index (χ2n) is 9.54. The van der Waals surface area contributed by atoms with E-state index in [1.165, 1.54) is 0 Å². The number of carbonyl (C=O) groups is 1. The number of aromatic nitrogens is 5. The average Bonchev–Trinajstić information content (AvgIpc) is 3.62. The molecule has 1 amide bonds. The van der Waals surface area contributed by atoms with E-state index >= 15 is 0 Å². The molecule has 0 bridgehead atoms. The lowest BCUT2D eigenvalue weighted by atomic mass is 10.0. The topological polar surface area (TPSA) is 116 Å². The fourth-order valence-electron chi connectivity index (χ4n) is 5.00. The number of aliphatic hydroxyl groups excluding tert-OH is 1. The van der Waals surface area contributed by atoms with Gasteiger partial charge in [0, 0.05) is 62.3 Å². The van der Waals surface area contributed by atoms with Gasteiger partial charge < -0.3 is 14.9 Å². The van der Waals surface area contributed by atoms with Gasteiger partial charge in [-0.2, -0.15) is 15.5 Å². The zero-order valence-corrected chi connectivity index (χ0v) is 21.3. The Morgan fingerprint density at radius 3 is 2.44 bits per heavy atom. The molecule has 1 aliphatic rings. The Hall–Kier alpha value is -5.01. The number of amides is 1. The predicted octanol–water partition coefficient (Wildman–Crippen LogP) is 3.05. The fraction of sp³-hybridized carbons (Fsp3) is 0.207. The van der Waals surface area contributed by atoms with Gasteiger partial charge in [0.05, 0.1) is 41.1 Å². The van der Waals surface area contributed by atoms with E-state index in [1.54, 1.807) is 38.6 Å². The number of pyridine rings is 2. The fourth-order valence-corrected chi connectivity index (χ4v) is 5.00. The van der Waals surface area contributed by atoms with Crippen molar-refractivity contribution in [2.45, 2.75) is 6.10 Å². The molecule has 0 spiro atoms. The molecule has 0 aliphatic carbocycles. The maximum Gasteiger partial charge on any atom is 0.256 e. The average molecular weight is 519 g/mol. The van der Waals surface area contributed by atoms with Crippen LogP contribution in [0.25, 0.3) is 27.9 Å². The molecular formula is C29H26N8O2. The number of benzene rings is 1. The number of anilines is 1. The van der Waals surface area contributed by atoms with Gasteiger partial charge in [-0.05, 0) is 23.8 Å². The van der Waals surface area contributed by atoms with Crippen molar-refractivity contribution < 1.29 is 9.90 Å². The number of carbonyl (C=O) groups excluding carboxylic acids is 1. The highest BCUT2D eigenvalue weighted by molar-refractivity contribution is 5.86. The Labute approximate surface area is 225 Å². The van der Waals surface area contributed by atoms with Crippen LogP contribution in [0.2, 0.25) is 0 Å². The first-order valence-corrected chi connectivity index (χ1v) is 12.7. The number of rotatable bonds is 5. The summed E-state index contributed by atoms with van der Waals surface area (Å²) in [5.41, 5.74) is 6.13. The minimum Gasteiger partial charge on any atom is -0.378 e. The molecule has 1 aliphatic heterocycles. The van der Waals surface area contributed by atoms with Gasteiger partial charge in [0.25, 0.3) is 5.91 Å². The van der Waals surface area contributed by atoms with Crippen molar-refractivity contribution in [1.82, 2.24) is 29.3 Å². The van der Waals surface area contributed by atoms with Gasteiger partial charge in [-0.3, -0.25) is 14.5 Å². The molecule has 0 radical (unpaired) electrons. The third-order valence-electron chi connectivity index (χ3n) is 7.10. The quantitative estimate of drug-likeness (QED) is 0.380. The van der Waals surface area contributed by atoms with Crippen LogP contribution in [0.1, 0.15) is 17.2 Å². The van der Waals surface area contributed by atoms with Gasteiger partial charge >= 0.3 is 0 Å². The van der Waals surface area contributed by atoms with Gasteiger partial charge in [0.1, 0.15) is 6.07 Å². The van der Waals surface area contributed by atoms with Crippen molar-refractivity contribution in [1.29, 1.82) is 5.26 Å². The molecule has 194 valence electrons. The summed E-state index contributed by atoms with van der Waals surface area (Å²) in [4.78, 5) is 21.5. The third kappa shape index (κ3) is 4.60. The predicted molar refractivity (Wildman–Crippen MR) is 146 cm³/mol. The smallest absolute Gasteiger partial charge is 0.256 e. The van der Waals surface area contributed by atoms with Crippen LogP contribution in [0.4, 0.5) is 5.69 Å². The molecule has 1 N–H and O–H groups in total. The summed E-state index contributed by atoms with van der Waals surface area (Å²) in [6, 6.07) is 17.2. The second kappa shape index (κ2) is 10.0. The molecule has 1 unspecified atom stereocenters. The number of aryl methyl sites for hydroxylation is 1. The van der Waals surface area contributed by atoms with E-state index in [0.717, 1.165) is 28.1 Å². The maximum atomic E-state index is 12.8. The van der Waals surface area contributed by atoms with E-state index in [0.29, 0.717) is 42.8 Å². The van der Waals surface area contributed by atoms with Crippen LogP contribution < -0.4 is 4.90 Å². The number of aliphatic hydroxyl groups is 1. The van der Waals surface area contributed by atoms with Crippen LogP contribution in [0, 0.1) is 11.3 Å². The highest BCUT2D eigenvalue weighted by Gasteiger charge is 2.27. The summed E-state index contributed by atoms with van der Waals surface area (Å²) in [6.45, 7) is 2.30. The summed E-state index contributed by atoms with van der Waals surface area (Å²) in [6.07, 6.45) is 7.84. The first-order valence-electron chi connectivity index (χ1n) is 12.7.